The van der Waals surface area contributed by atoms with Crippen molar-refractivity contribution in [1.29, 1.82) is 0 Å². The van der Waals surface area contributed by atoms with Crippen LogP contribution >= 0.6 is 22.6 Å². The molecule has 0 saturated heterocycles. The third kappa shape index (κ3) is 1.90. The molecule has 0 N–H and O–H groups in total. The smallest absolute Gasteiger partial charge is 0.108 e. The molecule has 13 heavy (non-hydrogen) atoms. The lowest BCUT2D eigenvalue weighted by atomic mass is 9.91. The number of fused-ring (bicyclic) bond motifs is 1. The second-order valence-corrected chi connectivity index (χ2v) is 5.15. The molecule has 1 aromatic rings. The Hall–Kier alpha value is -0.450. The topological polar surface area (TPSA) is 29.4 Å². The van der Waals surface area contributed by atoms with E-state index in [-0.39, 0.29) is 0 Å². The maximum Gasteiger partial charge on any atom is 0.108 e. The molecule has 0 spiro atoms. The van der Waals surface area contributed by atoms with Crippen molar-refractivity contribution in [3.05, 3.63) is 34.2 Å². The third-order valence-electron chi connectivity index (χ3n) is 2.46. The fourth-order valence-corrected chi connectivity index (χ4v) is 2.54. The lowest BCUT2D eigenvalue weighted by Gasteiger charge is -2.19. The van der Waals surface area contributed by atoms with Crippen LogP contribution in [0, 0.1) is 4.91 Å². The minimum atomic E-state index is 0.561. The van der Waals surface area contributed by atoms with E-state index in [1.54, 1.807) is 6.07 Å². The van der Waals surface area contributed by atoms with Crippen LogP contribution in [0.1, 0.15) is 17.5 Å². The minimum Gasteiger partial charge on any atom is -0.145 e. The van der Waals surface area contributed by atoms with Gasteiger partial charge in [-0.05, 0) is 47.7 Å². The summed E-state index contributed by atoms with van der Waals surface area (Å²) in [7, 11) is 0. The van der Waals surface area contributed by atoms with Crippen LogP contribution in [0.25, 0.3) is 0 Å². The van der Waals surface area contributed by atoms with E-state index in [1.807, 2.05) is 12.1 Å². The van der Waals surface area contributed by atoms with Crippen molar-refractivity contribution in [1.82, 2.24) is 0 Å². The van der Waals surface area contributed by atoms with Crippen LogP contribution in [0.3, 0.4) is 0 Å². The SMILES string of the molecule is O=Nc1ccc2c(c1)CCC(I)C2. The van der Waals surface area contributed by atoms with Gasteiger partial charge in [0.1, 0.15) is 5.69 Å². The van der Waals surface area contributed by atoms with Crippen molar-refractivity contribution >= 4 is 28.3 Å². The minimum absolute atomic E-state index is 0.561. The Morgan fingerprint density at radius 2 is 2.23 bits per heavy atom. The summed E-state index contributed by atoms with van der Waals surface area (Å²) in [6, 6.07) is 5.77. The van der Waals surface area contributed by atoms with E-state index in [9.17, 15) is 4.91 Å². The molecule has 0 bridgehead atoms. The third-order valence-corrected chi connectivity index (χ3v) is 3.53. The first kappa shape index (κ1) is 9.12. The van der Waals surface area contributed by atoms with Gasteiger partial charge in [0.25, 0.3) is 0 Å². The van der Waals surface area contributed by atoms with E-state index in [2.05, 4.69) is 27.8 Å². The van der Waals surface area contributed by atoms with Crippen LogP contribution in [0.5, 0.6) is 0 Å². The average Bonchev–Trinajstić information content (AvgIpc) is 2.17. The molecular weight excluding hydrogens is 277 g/mol. The summed E-state index contributed by atoms with van der Waals surface area (Å²) in [5, 5.41) is 2.95. The molecule has 2 nitrogen and oxygen atoms in total. The molecule has 1 unspecified atom stereocenters. The molecule has 0 radical (unpaired) electrons. The summed E-state index contributed by atoms with van der Waals surface area (Å²) in [6.07, 6.45) is 3.44. The molecule has 0 saturated carbocycles. The number of alkyl halides is 1. The highest BCUT2D eigenvalue weighted by Crippen LogP contribution is 2.28. The number of benzene rings is 1. The first-order chi connectivity index (χ1) is 6.29. The lowest BCUT2D eigenvalue weighted by molar-refractivity contribution is 0.723. The van der Waals surface area contributed by atoms with Crippen LogP contribution < -0.4 is 0 Å². The van der Waals surface area contributed by atoms with Gasteiger partial charge in [0.05, 0.1) is 0 Å². The van der Waals surface area contributed by atoms with Gasteiger partial charge in [-0.3, -0.25) is 0 Å². The van der Waals surface area contributed by atoms with Crippen molar-refractivity contribution in [2.45, 2.75) is 23.2 Å². The Bertz CT molecular complexity index is 338. The van der Waals surface area contributed by atoms with E-state index in [4.69, 9.17) is 0 Å². The summed E-state index contributed by atoms with van der Waals surface area (Å²) in [5.74, 6) is 0. The molecule has 68 valence electrons. The molecule has 0 amide bonds. The highest BCUT2D eigenvalue weighted by atomic mass is 127. The number of nitrogens with zero attached hydrogens (tertiary/aromatic N) is 1. The van der Waals surface area contributed by atoms with Gasteiger partial charge < -0.3 is 0 Å². The predicted octanol–water partition coefficient (Wildman–Crippen LogP) is 3.38. The van der Waals surface area contributed by atoms with Crippen LogP contribution in [0.2, 0.25) is 0 Å². The average molecular weight is 287 g/mol. The quantitative estimate of drug-likeness (QED) is 0.442. The molecule has 0 heterocycles. The molecular formula is C10H10INO. The van der Waals surface area contributed by atoms with Crippen LogP contribution in [-0.2, 0) is 12.8 Å². The zero-order chi connectivity index (χ0) is 9.26. The Balaban J connectivity index is 2.36. The van der Waals surface area contributed by atoms with E-state index in [1.165, 1.54) is 17.5 Å². The highest BCUT2D eigenvalue weighted by molar-refractivity contribution is 14.1. The van der Waals surface area contributed by atoms with E-state index in [0.29, 0.717) is 5.69 Å². The zero-order valence-corrected chi connectivity index (χ0v) is 9.32. The van der Waals surface area contributed by atoms with E-state index < -0.39 is 0 Å². The van der Waals surface area contributed by atoms with Crippen LogP contribution in [0.4, 0.5) is 5.69 Å². The van der Waals surface area contributed by atoms with Crippen molar-refractivity contribution in [2.75, 3.05) is 0 Å². The fourth-order valence-electron chi connectivity index (χ4n) is 1.75. The van der Waals surface area contributed by atoms with Crippen LogP contribution in [-0.4, -0.2) is 3.92 Å². The van der Waals surface area contributed by atoms with Gasteiger partial charge in [-0.1, -0.05) is 28.7 Å². The molecule has 0 fully saturated rings. The number of aryl methyl sites for hydroxylation is 1. The largest absolute Gasteiger partial charge is 0.145 e. The first-order valence-electron chi connectivity index (χ1n) is 4.39. The summed E-state index contributed by atoms with van der Waals surface area (Å²) in [6.45, 7) is 0. The number of hydrogen-bond donors (Lipinski definition) is 0. The number of hydrogen-bond acceptors (Lipinski definition) is 2. The molecule has 3 heteroatoms. The van der Waals surface area contributed by atoms with Crippen molar-refractivity contribution in [3.63, 3.8) is 0 Å². The van der Waals surface area contributed by atoms with Gasteiger partial charge in [0, 0.05) is 3.92 Å². The Morgan fingerprint density at radius 3 is 3.00 bits per heavy atom. The molecule has 1 aromatic carbocycles. The summed E-state index contributed by atoms with van der Waals surface area (Å²) >= 11 is 2.49. The van der Waals surface area contributed by atoms with Crippen LogP contribution in [0.15, 0.2) is 23.4 Å². The normalized spacial score (nSPS) is 20.8. The van der Waals surface area contributed by atoms with E-state index >= 15 is 0 Å². The Kier molecular flexibility index (Phi) is 2.62. The highest BCUT2D eigenvalue weighted by Gasteiger charge is 2.16. The molecule has 2 rings (SSSR count). The molecule has 0 aliphatic heterocycles. The predicted molar refractivity (Wildman–Crippen MR) is 61.7 cm³/mol. The zero-order valence-electron chi connectivity index (χ0n) is 7.16. The first-order valence-corrected chi connectivity index (χ1v) is 5.63. The Morgan fingerprint density at radius 1 is 1.38 bits per heavy atom. The number of rotatable bonds is 1. The fraction of sp³-hybridized carbons (Fsp3) is 0.400. The summed E-state index contributed by atoms with van der Waals surface area (Å²) < 4.78 is 0.750. The summed E-state index contributed by atoms with van der Waals surface area (Å²) in [5.41, 5.74) is 3.26. The maximum absolute atomic E-state index is 10.3. The molecule has 0 aromatic heterocycles. The van der Waals surface area contributed by atoms with Gasteiger partial charge in [-0.2, -0.15) is 0 Å². The monoisotopic (exact) mass is 287 g/mol. The second kappa shape index (κ2) is 3.74. The summed E-state index contributed by atoms with van der Waals surface area (Å²) in [4.78, 5) is 10.3. The van der Waals surface area contributed by atoms with Gasteiger partial charge in [0.15, 0.2) is 0 Å². The van der Waals surface area contributed by atoms with Gasteiger partial charge in [-0.15, -0.1) is 4.91 Å². The van der Waals surface area contributed by atoms with Gasteiger partial charge >= 0.3 is 0 Å². The number of halogens is 1. The second-order valence-electron chi connectivity index (χ2n) is 3.38. The Labute approximate surface area is 90.8 Å². The van der Waals surface area contributed by atoms with E-state index in [0.717, 1.165) is 16.8 Å². The lowest BCUT2D eigenvalue weighted by Crippen LogP contribution is -2.12. The standard InChI is InChI=1S/C10H10INO/c11-9-3-1-8-6-10(12-13)4-2-7(8)5-9/h2,4,6,9H,1,3,5H2. The van der Waals surface area contributed by atoms with Crippen molar-refractivity contribution in [2.24, 2.45) is 5.18 Å². The van der Waals surface area contributed by atoms with Gasteiger partial charge in [0.2, 0.25) is 0 Å². The van der Waals surface area contributed by atoms with Gasteiger partial charge in [-0.25, -0.2) is 0 Å². The molecule has 1 atom stereocenters. The number of nitroso groups, excluding NO2 is 1. The molecule has 1 aliphatic rings. The molecule has 1 aliphatic carbocycles. The van der Waals surface area contributed by atoms with Crippen molar-refractivity contribution in [3.8, 4) is 0 Å². The maximum atomic E-state index is 10.3. The van der Waals surface area contributed by atoms with Crippen molar-refractivity contribution < 1.29 is 0 Å².